The molecule has 2 saturated heterocycles. The molecule has 0 aliphatic carbocycles. The lowest BCUT2D eigenvalue weighted by atomic mass is 9.86. The minimum Gasteiger partial charge on any atom is -0.354 e. The van der Waals surface area contributed by atoms with Crippen molar-refractivity contribution in [3.8, 4) is 0 Å². The van der Waals surface area contributed by atoms with E-state index < -0.39 is 0 Å². The number of carbonyl (C=O) groups excluding carboxylic acids is 2. The van der Waals surface area contributed by atoms with E-state index in [0.29, 0.717) is 12.5 Å². The van der Waals surface area contributed by atoms with E-state index in [2.05, 4.69) is 32.5 Å². The number of piperidine rings is 1. The molecule has 7 heteroatoms. The Morgan fingerprint density at radius 3 is 2.02 bits per heavy atom. The van der Waals surface area contributed by atoms with Crippen LogP contribution in [0.3, 0.4) is 0 Å². The molecule has 1 aromatic heterocycles. The Balaban J connectivity index is 1.04. The maximum Gasteiger partial charge on any atom is 0.234 e. The van der Waals surface area contributed by atoms with Crippen molar-refractivity contribution in [2.45, 2.75) is 31.1 Å². The van der Waals surface area contributed by atoms with Crippen LogP contribution in [0.4, 0.5) is 11.5 Å². The Hall–Kier alpha value is -4.52. The van der Waals surface area contributed by atoms with Gasteiger partial charge in [-0.05, 0) is 66.1 Å². The third-order valence-corrected chi connectivity index (χ3v) is 8.41. The zero-order chi connectivity index (χ0) is 28.0. The summed E-state index contributed by atoms with van der Waals surface area (Å²) < 4.78 is 0. The maximum atomic E-state index is 13.8. The first-order valence-corrected chi connectivity index (χ1v) is 14.5. The minimum absolute atomic E-state index is 0.0438. The average molecular weight is 546 g/mol. The molecule has 2 aliphatic heterocycles. The zero-order valence-corrected chi connectivity index (χ0v) is 23.1. The van der Waals surface area contributed by atoms with E-state index in [9.17, 15) is 9.59 Å². The number of rotatable bonds is 7. The first-order valence-electron chi connectivity index (χ1n) is 14.5. The van der Waals surface area contributed by atoms with Crippen molar-refractivity contribution in [1.29, 1.82) is 0 Å². The zero-order valence-electron chi connectivity index (χ0n) is 23.1. The SMILES string of the molecule is O=C(Nc1ccc(C2CCN(C(=O)C(c3ccccc3)c3ccccc3)CC2)cc1)C1CCN(c2cccnn2)C1. The molecule has 1 N–H and O–H groups in total. The highest BCUT2D eigenvalue weighted by atomic mass is 16.2. The molecular weight excluding hydrogens is 510 g/mol. The van der Waals surface area contributed by atoms with Crippen molar-refractivity contribution < 1.29 is 9.59 Å². The van der Waals surface area contributed by atoms with Crippen molar-refractivity contribution in [2.75, 3.05) is 36.4 Å². The lowest BCUT2D eigenvalue weighted by molar-refractivity contribution is -0.133. The van der Waals surface area contributed by atoms with E-state index in [-0.39, 0.29) is 23.7 Å². The van der Waals surface area contributed by atoms with Crippen molar-refractivity contribution >= 4 is 23.3 Å². The lowest BCUT2D eigenvalue weighted by Crippen LogP contribution is -2.41. The van der Waals surface area contributed by atoms with Crippen LogP contribution < -0.4 is 10.2 Å². The highest BCUT2D eigenvalue weighted by Crippen LogP contribution is 2.33. The predicted octanol–water partition coefficient (Wildman–Crippen LogP) is 5.48. The molecule has 2 fully saturated rings. The summed E-state index contributed by atoms with van der Waals surface area (Å²) >= 11 is 0. The molecule has 3 heterocycles. The molecule has 0 spiro atoms. The van der Waals surface area contributed by atoms with Crippen LogP contribution in [0.5, 0.6) is 0 Å². The fourth-order valence-corrected chi connectivity index (χ4v) is 6.11. The number of hydrogen-bond donors (Lipinski definition) is 1. The Morgan fingerprint density at radius 2 is 1.41 bits per heavy atom. The molecule has 7 nitrogen and oxygen atoms in total. The van der Waals surface area contributed by atoms with Gasteiger partial charge in [0.25, 0.3) is 0 Å². The number of carbonyl (C=O) groups is 2. The van der Waals surface area contributed by atoms with Crippen LogP contribution in [0.1, 0.15) is 47.8 Å². The van der Waals surface area contributed by atoms with Gasteiger partial charge >= 0.3 is 0 Å². The van der Waals surface area contributed by atoms with E-state index in [1.807, 2.05) is 89.8 Å². The lowest BCUT2D eigenvalue weighted by Gasteiger charge is -2.35. The second-order valence-corrected chi connectivity index (χ2v) is 11.0. The van der Waals surface area contributed by atoms with Gasteiger partial charge in [-0.25, -0.2) is 0 Å². The van der Waals surface area contributed by atoms with E-state index >= 15 is 0 Å². The van der Waals surface area contributed by atoms with Gasteiger partial charge in [0.15, 0.2) is 5.82 Å². The van der Waals surface area contributed by atoms with Crippen LogP contribution in [-0.4, -0.2) is 53.1 Å². The third kappa shape index (κ3) is 6.14. The van der Waals surface area contributed by atoms with Gasteiger partial charge in [0.05, 0.1) is 11.8 Å². The quantitative estimate of drug-likeness (QED) is 0.333. The van der Waals surface area contributed by atoms with Gasteiger partial charge in [0.2, 0.25) is 11.8 Å². The highest BCUT2D eigenvalue weighted by molar-refractivity contribution is 5.93. The Kier molecular flexibility index (Phi) is 8.03. The Labute approximate surface area is 241 Å². The molecular formula is C34H35N5O2. The summed E-state index contributed by atoms with van der Waals surface area (Å²) in [7, 11) is 0. The Bertz CT molecular complexity index is 1400. The first-order chi connectivity index (χ1) is 20.2. The van der Waals surface area contributed by atoms with E-state index in [1.54, 1.807) is 6.20 Å². The van der Waals surface area contributed by atoms with Crippen LogP contribution in [0.15, 0.2) is 103 Å². The van der Waals surface area contributed by atoms with Crippen molar-refractivity contribution in [1.82, 2.24) is 15.1 Å². The Morgan fingerprint density at radius 1 is 0.756 bits per heavy atom. The molecule has 1 unspecified atom stereocenters. The van der Waals surface area contributed by atoms with Gasteiger partial charge in [-0.3, -0.25) is 9.59 Å². The standard InChI is InChI=1S/C34H35N5O2/c40-33(29-19-23-39(24-29)31-12-7-20-35-37-31)36-30-15-13-25(14-16-30)26-17-21-38(22-18-26)34(41)32(27-8-3-1-4-9-27)28-10-5-2-6-11-28/h1-16,20,26,29,32H,17-19,21-24H2,(H,36,40). The second-order valence-electron chi connectivity index (χ2n) is 11.0. The van der Waals surface area contributed by atoms with Gasteiger partial charge < -0.3 is 15.1 Å². The molecule has 0 bridgehead atoms. The molecule has 3 aromatic carbocycles. The molecule has 1 atom stereocenters. The maximum absolute atomic E-state index is 13.8. The first kappa shape index (κ1) is 26.7. The summed E-state index contributed by atoms with van der Waals surface area (Å²) in [6.45, 7) is 2.92. The van der Waals surface area contributed by atoms with Crippen LogP contribution in [0.25, 0.3) is 0 Å². The summed E-state index contributed by atoms with van der Waals surface area (Å²) in [5.74, 6) is 1.06. The van der Waals surface area contributed by atoms with Crippen LogP contribution in [0.2, 0.25) is 0 Å². The number of anilines is 2. The number of aromatic nitrogens is 2. The molecule has 0 radical (unpaired) electrons. The fraction of sp³-hybridized carbons (Fsp3) is 0.294. The molecule has 0 saturated carbocycles. The van der Waals surface area contributed by atoms with Crippen LogP contribution >= 0.6 is 0 Å². The fourth-order valence-electron chi connectivity index (χ4n) is 6.11. The monoisotopic (exact) mass is 545 g/mol. The molecule has 2 aliphatic rings. The van der Waals surface area contributed by atoms with Crippen molar-refractivity contribution in [2.24, 2.45) is 5.92 Å². The third-order valence-electron chi connectivity index (χ3n) is 8.41. The van der Waals surface area contributed by atoms with Gasteiger partial charge in [-0.15, -0.1) is 5.10 Å². The molecule has 6 rings (SSSR count). The normalized spacial score (nSPS) is 17.5. The van der Waals surface area contributed by atoms with E-state index in [0.717, 1.165) is 61.5 Å². The summed E-state index contributed by atoms with van der Waals surface area (Å²) in [5.41, 5.74) is 4.13. The van der Waals surface area contributed by atoms with Crippen LogP contribution in [-0.2, 0) is 9.59 Å². The number of nitrogens with zero attached hydrogens (tertiary/aromatic N) is 4. The predicted molar refractivity (Wildman–Crippen MR) is 161 cm³/mol. The molecule has 208 valence electrons. The van der Waals surface area contributed by atoms with E-state index in [4.69, 9.17) is 0 Å². The molecule has 4 aromatic rings. The largest absolute Gasteiger partial charge is 0.354 e. The summed E-state index contributed by atoms with van der Waals surface area (Å²) in [4.78, 5) is 30.8. The second kappa shape index (κ2) is 12.3. The number of hydrogen-bond acceptors (Lipinski definition) is 5. The molecule has 41 heavy (non-hydrogen) atoms. The summed E-state index contributed by atoms with van der Waals surface area (Å²) in [6.07, 6.45) is 4.30. The highest BCUT2D eigenvalue weighted by Gasteiger charge is 2.31. The van der Waals surface area contributed by atoms with Gasteiger partial charge in [0.1, 0.15) is 0 Å². The molecule has 2 amide bonds. The van der Waals surface area contributed by atoms with Gasteiger partial charge in [-0.2, -0.15) is 5.10 Å². The van der Waals surface area contributed by atoms with Crippen molar-refractivity contribution in [3.05, 3.63) is 120 Å². The summed E-state index contributed by atoms with van der Waals surface area (Å²) in [6, 6.07) is 32.2. The number of likely N-dealkylation sites (tertiary alicyclic amines) is 1. The van der Waals surface area contributed by atoms with E-state index in [1.165, 1.54) is 5.56 Å². The smallest absolute Gasteiger partial charge is 0.234 e. The average Bonchev–Trinajstić information content (AvgIpc) is 3.54. The number of nitrogens with one attached hydrogen (secondary N) is 1. The number of amides is 2. The van der Waals surface area contributed by atoms with Crippen molar-refractivity contribution in [3.63, 3.8) is 0 Å². The number of benzene rings is 3. The minimum atomic E-state index is -0.288. The van der Waals surface area contributed by atoms with Gasteiger partial charge in [-0.1, -0.05) is 72.8 Å². The van der Waals surface area contributed by atoms with Crippen LogP contribution in [0, 0.1) is 5.92 Å². The topological polar surface area (TPSA) is 78.4 Å². The van der Waals surface area contributed by atoms with Gasteiger partial charge in [0, 0.05) is 38.1 Å². The summed E-state index contributed by atoms with van der Waals surface area (Å²) in [5, 5.41) is 11.2.